The molecule has 0 unspecified atom stereocenters. The van der Waals surface area contributed by atoms with Crippen LogP contribution in [0.25, 0.3) is 6.08 Å². The number of allylic oxidation sites excluding steroid dienone is 1. The topological polar surface area (TPSA) is 50.7 Å². The summed E-state index contributed by atoms with van der Waals surface area (Å²) in [5.74, 6) is 0.327. The van der Waals surface area contributed by atoms with Gasteiger partial charge in [-0.25, -0.2) is 5.43 Å². The summed E-state index contributed by atoms with van der Waals surface area (Å²) in [5, 5.41) is 4.01. The molecule has 2 aromatic rings. The number of amides is 1. The lowest BCUT2D eigenvalue weighted by molar-refractivity contribution is -0.123. The van der Waals surface area contributed by atoms with E-state index in [0.29, 0.717) is 11.5 Å². The minimum Gasteiger partial charge on any atom is -0.484 e. The first kappa shape index (κ1) is 17.0. The van der Waals surface area contributed by atoms with Crippen LogP contribution in [0.3, 0.4) is 0 Å². The molecule has 0 atom stereocenters. The maximum absolute atomic E-state index is 11.7. The molecule has 0 fully saturated rings. The molecule has 5 heteroatoms. The minimum absolute atomic E-state index is 0.0825. The second-order valence-electron chi connectivity index (χ2n) is 4.77. The third-order valence-electron chi connectivity index (χ3n) is 2.86. The van der Waals surface area contributed by atoms with E-state index in [2.05, 4.69) is 26.5 Å². The highest BCUT2D eigenvalue weighted by molar-refractivity contribution is 9.10. The zero-order valence-corrected chi connectivity index (χ0v) is 14.3. The monoisotopic (exact) mass is 372 g/mol. The van der Waals surface area contributed by atoms with E-state index in [1.165, 1.54) is 0 Å². The fraction of sp³-hybridized carbons (Fsp3) is 0.111. The van der Waals surface area contributed by atoms with Crippen LogP contribution in [0.1, 0.15) is 12.5 Å². The van der Waals surface area contributed by atoms with Crippen LogP contribution in [0.15, 0.2) is 70.2 Å². The van der Waals surface area contributed by atoms with Crippen LogP contribution < -0.4 is 10.2 Å². The number of ether oxygens (including phenoxy) is 1. The summed E-state index contributed by atoms with van der Waals surface area (Å²) < 4.78 is 6.32. The Kier molecular flexibility index (Phi) is 6.56. The number of carbonyl (C=O) groups is 1. The van der Waals surface area contributed by atoms with Crippen molar-refractivity contribution in [3.05, 3.63) is 70.7 Å². The van der Waals surface area contributed by atoms with Crippen molar-refractivity contribution in [2.24, 2.45) is 5.10 Å². The molecule has 23 heavy (non-hydrogen) atoms. The Morgan fingerprint density at radius 3 is 2.57 bits per heavy atom. The van der Waals surface area contributed by atoms with Gasteiger partial charge in [0.05, 0.1) is 5.71 Å². The number of hydrazone groups is 1. The van der Waals surface area contributed by atoms with Gasteiger partial charge in [-0.2, -0.15) is 5.10 Å². The van der Waals surface area contributed by atoms with Crippen molar-refractivity contribution in [1.82, 2.24) is 5.43 Å². The first-order valence-corrected chi connectivity index (χ1v) is 7.87. The summed E-state index contributed by atoms with van der Waals surface area (Å²) in [6, 6.07) is 17.2. The lowest BCUT2D eigenvalue weighted by Gasteiger charge is -2.05. The summed E-state index contributed by atoms with van der Waals surface area (Å²) in [5.41, 5.74) is 4.24. The molecule has 0 bridgehead atoms. The number of carbonyl (C=O) groups excluding carboxylic acids is 1. The maximum Gasteiger partial charge on any atom is 0.277 e. The predicted octanol–water partition coefficient (Wildman–Crippen LogP) is 4.03. The van der Waals surface area contributed by atoms with E-state index in [4.69, 9.17) is 4.74 Å². The second-order valence-corrected chi connectivity index (χ2v) is 5.69. The van der Waals surface area contributed by atoms with Crippen LogP contribution >= 0.6 is 15.9 Å². The Hall–Kier alpha value is -2.40. The van der Waals surface area contributed by atoms with Crippen molar-refractivity contribution < 1.29 is 9.53 Å². The molecule has 4 nitrogen and oxygen atoms in total. The highest BCUT2D eigenvalue weighted by Crippen LogP contribution is 2.15. The quantitative estimate of drug-likeness (QED) is 0.614. The summed E-state index contributed by atoms with van der Waals surface area (Å²) in [6.07, 6.45) is 3.77. The second kappa shape index (κ2) is 8.90. The fourth-order valence-electron chi connectivity index (χ4n) is 1.68. The fourth-order valence-corrected chi connectivity index (χ4v) is 1.95. The van der Waals surface area contributed by atoms with Gasteiger partial charge in [-0.1, -0.05) is 52.3 Å². The molecule has 0 aliphatic carbocycles. The summed E-state index contributed by atoms with van der Waals surface area (Å²) in [4.78, 5) is 11.7. The molecule has 2 rings (SSSR count). The van der Waals surface area contributed by atoms with Crippen molar-refractivity contribution in [2.45, 2.75) is 6.92 Å². The number of benzene rings is 2. The van der Waals surface area contributed by atoms with Gasteiger partial charge in [0.2, 0.25) is 0 Å². The van der Waals surface area contributed by atoms with Crippen molar-refractivity contribution in [3.8, 4) is 5.75 Å². The number of nitrogens with one attached hydrogen (secondary N) is 1. The largest absolute Gasteiger partial charge is 0.484 e. The Morgan fingerprint density at radius 1 is 1.17 bits per heavy atom. The van der Waals surface area contributed by atoms with Gasteiger partial charge in [0.1, 0.15) is 5.75 Å². The molecule has 0 radical (unpaired) electrons. The van der Waals surface area contributed by atoms with Crippen molar-refractivity contribution >= 4 is 33.6 Å². The minimum atomic E-state index is -0.305. The standard InChI is InChI=1S/C18H17BrN2O2/c1-14(7-8-15-5-3-2-4-6-15)20-21-18(22)13-23-17-11-9-16(19)10-12-17/h2-12H,13H2,1H3,(H,21,22)/b8-7+,20-14-. The van der Waals surface area contributed by atoms with E-state index in [1.807, 2.05) is 61.5 Å². The SMILES string of the molecule is CC(/C=C/c1ccccc1)=N/NC(=O)COc1ccc(Br)cc1. The number of halogens is 1. The first-order valence-electron chi connectivity index (χ1n) is 7.08. The maximum atomic E-state index is 11.7. The molecule has 0 saturated carbocycles. The summed E-state index contributed by atoms with van der Waals surface area (Å²) >= 11 is 3.34. The molecule has 0 aliphatic heterocycles. The van der Waals surface area contributed by atoms with Crippen LogP contribution in [0.2, 0.25) is 0 Å². The van der Waals surface area contributed by atoms with Gasteiger partial charge in [0.15, 0.2) is 6.61 Å². The summed E-state index contributed by atoms with van der Waals surface area (Å²) in [7, 11) is 0. The Morgan fingerprint density at radius 2 is 1.87 bits per heavy atom. The third kappa shape index (κ3) is 6.48. The van der Waals surface area contributed by atoms with E-state index in [1.54, 1.807) is 12.1 Å². The molecular formula is C18H17BrN2O2. The van der Waals surface area contributed by atoms with E-state index < -0.39 is 0 Å². The number of hydrogen-bond acceptors (Lipinski definition) is 3. The predicted molar refractivity (Wildman–Crippen MR) is 96.4 cm³/mol. The van der Waals surface area contributed by atoms with Crippen molar-refractivity contribution in [1.29, 1.82) is 0 Å². The lowest BCUT2D eigenvalue weighted by atomic mass is 10.2. The van der Waals surface area contributed by atoms with Crippen LogP contribution in [-0.2, 0) is 4.79 Å². The van der Waals surface area contributed by atoms with E-state index in [0.717, 1.165) is 10.0 Å². The van der Waals surface area contributed by atoms with Gasteiger partial charge in [-0.15, -0.1) is 0 Å². The number of hydrogen-bond donors (Lipinski definition) is 1. The Balaban J connectivity index is 1.78. The van der Waals surface area contributed by atoms with Gasteiger partial charge in [0.25, 0.3) is 5.91 Å². The van der Waals surface area contributed by atoms with Crippen LogP contribution in [0.5, 0.6) is 5.75 Å². The molecule has 0 aliphatic rings. The smallest absolute Gasteiger partial charge is 0.277 e. The van der Waals surface area contributed by atoms with Crippen molar-refractivity contribution in [3.63, 3.8) is 0 Å². The molecular weight excluding hydrogens is 356 g/mol. The van der Waals surface area contributed by atoms with Gasteiger partial charge in [-0.05, 0) is 42.8 Å². The molecule has 0 spiro atoms. The van der Waals surface area contributed by atoms with Gasteiger partial charge in [0, 0.05) is 4.47 Å². The Labute approximate surface area is 144 Å². The summed E-state index contributed by atoms with van der Waals surface area (Å²) in [6.45, 7) is 1.73. The number of nitrogens with zero attached hydrogens (tertiary/aromatic N) is 1. The molecule has 0 saturated heterocycles. The average Bonchev–Trinajstić information content (AvgIpc) is 2.58. The molecule has 118 valence electrons. The van der Waals surface area contributed by atoms with Crippen LogP contribution in [-0.4, -0.2) is 18.2 Å². The normalized spacial score (nSPS) is 11.5. The van der Waals surface area contributed by atoms with E-state index in [-0.39, 0.29) is 12.5 Å². The van der Waals surface area contributed by atoms with Gasteiger partial charge < -0.3 is 4.74 Å². The molecule has 0 aromatic heterocycles. The van der Waals surface area contributed by atoms with Gasteiger partial charge >= 0.3 is 0 Å². The highest BCUT2D eigenvalue weighted by Gasteiger charge is 2.01. The molecule has 1 amide bonds. The van der Waals surface area contributed by atoms with Crippen LogP contribution in [0.4, 0.5) is 0 Å². The van der Waals surface area contributed by atoms with E-state index in [9.17, 15) is 4.79 Å². The zero-order chi connectivity index (χ0) is 16.5. The molecule has 1 N–H and O–H groups in total. The van der Waals surface area contributed by atoms with Gasteiger partial charge in [-0.3, -0.25) is 4.79 Å². The van der Waals surface area contributed by atoms with E-state index >= 15 is 0 Å². The third-order valence-corrected chi connectivity index (χ3v) is 3.39. The van der Waals surface area contributed by atoms with Crippen LogP contribution in [0, 0.1) is 0 Å². The first-order chi connectivity index (χ1) is 11.1. The zero-order valence-electron chi connectivity index (χ0n) is 12.7. The lowest BCUT2D eigenvalue weighted by Crippen LogP contribution is -2.25. The molecule has 2 aromatic carbocycles. The number of rotatable bonds is 6. The highest BCUT2D eigenvalue weighted by atomic mass is 79.9. The molecule has 0 heterocycles. The van der Waals surface area contributed by atoms with Crippen molar-refractivity contribution in [2.75, 3.05) is 6.61 Å². The average molecular weight is 373 g/mol. The Bertz CT molecular complexity index is 695.